The maximum atomic E-state index is 13.6. The van der Waals surface area contributed by atoms with Gasteiger partial charge in [0.2, 0.25) is 35.4 Å². The molecule has 0 fully saturated rings. The van der Waals surface area contributed by atoms with E-state index in [1.807, 2.05) is 24.3 Å². The van der Waals surface area contributed by atoms with Gasteiger partial charge < -0.3 is 63.9 Å². The molecule has 0 unspecified atom stereocenters. The molecule has 0 bridgehead atoms. The van der Waals surface area contributed by atoms with Crippen molar-refractivity contribution in [2.24, 2.45) is 23.3 Å². The number of carboxylic acid groups (broad SMARTS) is 2. The van der Waals surface area contributed by atoms with Gasteiger partial charge in [0.25, 0.3) is 0 Å². The lowest BCUT2D eigenvalue weighted by atomic mass is 9.97. The average molecular weight is 844 g/mol. The number of hydrogen-bond donors (Lipinski definition) is 13. The number of fused-ring (bicyclic) bond motifs is 1. The fourth-order valence-corrected chi connectivity index (χ4v) is 6.09. The van der Waals surface area contributed by atoms with Crippen LogP contribution in [0.3, 0.4) is 0 Å². The van der Waals surface area contributed by atoms with E-state index in [0.29, 0.717) is 6.42 Å². The average Bonchev–Trinajstić information content (AvgIpc) is 3.59. The number of carbonyl (C=O) groups excluding carboxylic acids is 6. The molecule has 0 spiro atoms. The summed E-state index contributed by atoms with van der Waals surface area (Å²) in [6, 6.07) is 0.0191. The molecule has 0 saturated heterocycles. The van der Waals surface area contributed by atoms with Gasteiger partial charge in [0.05, 0.1) is 12.6 Å². The maximum absolute atomic E-state index is 13.6. The minimum atomic E-state index is -1.47. The van der Waals surface area contributed by atoms with Crippen LogP contribution in [0.15, 0.2) is 30.5 Å². The number of aliphatic carboxylic acids is 2. The number of rotatable bonds is 26. The molecule has 0 radical (unpaired) electrons. The van der Waals surface area contributed by atoms with Crippen LogP contribution in [0.1, 0.15) is 78.7 Å². The summed E-state index contributed by atoms with van der Waals surface area (Å²) in [5, 5.41) is 44.6. The van der Waals surface area contributed by atoms with Gasteiger partial charge in [-0.25, -0.2) is 4.79 Å². The predicted octanol–water partition coefficient (Wildman–Crippen LogP) is -1.10. The SMILES string of the molecule is CC[C@H](C)[C@H](NC(=O)CNC(=O)[C@@H](N)Cc1c[nH]c2ccccc12)C(=O)N[C@@H](CCC(=O)O)C(=O)N[C@@H](C)C(=O)N[C@@H](CC(C)C)C(=O)N[C@@H](CCCNC(=N)N)C(=O)O. The topological polar surface area (TPSA) is 353 Å². The van der Waals surface area contributed by atoms with Crippen LogP contribution in [-0.2, 0) is 44.8 Å². The number of guanidine groups is 1. The van der Waals surface area contributed by atoms with Crippen molar-refractivity contribution >= 4 is 64.2 Å². The first-order chi connectivity index (χ1) is 28.2. The number of para-hydroxylation sites is 1. The lowest BCUT2D eigenvalue weighted by Crippen LogP contribution is -2.59. The number of aromatic nitrogens is 1. The number of amides is 6. The summed E-state index contributed by atoms with van der Waals surface area (Å²) < 4.78 is 0. The minimum absolute atomic E-state index is 0.000438. The second-order valence-electron chi connectivity index (χ2n) is 15.1. The highest BCUT2D eigenvalue weighted by Gasteiger charge is 2.33. The lowest BCUT2D eigenvalue weighted by Gasteiger charge is -2.27. The third kappa shape index (κ3) is 16.9. The number of carboxylic acids is 2. The molecule has 1 aromatic carbocycles. The van der Waals surface area contributed by atoms with Gasteiger partial charge >= 0.3 is 11.9 Å². The van der Waals surface area contributed by atoms with E-state index < -0.39 is 103 Å². The van der Waals surface area contributed by atoms with Gasteiger partial charge in [-0.3, -0.25) is 39.0 Å². The molecule has 0 saturated carbocycles. The van der Waals surface area contributed by atoms with Gasteiger partial charge in [0.15, 0.2) is 5.96 Å². The number of H-pyrrole nitrogens is 1. The van der Waals surface area contributed by atoms with Crippen molar-refractivity contribution in [3.05, 3.63) is 36.0 Å². The van der Waals surface area contributed by atoms with Gasteiger partial charge in [-0.1, -0.05) is 52.3 Å². The highest BCUT2D eigenvalue weighted by Crippen LogP contribution is 2.19. The van der Waals surface area contributed by atoms with Crippen LogP contribution in [-0.4, -0.2) is 118 Å². The summed E-state index contributed by atoms with van der Waals surface area (Å²) in [6.45, 7) is 7.99. The Morgan fingerprint density at radius 3 is 2.03 bits per heavy atom. The van der Waals surface area contributed by atoms with Gasteiger partial charge in [0.1, 0.15) is 30.2 Å². The lowest BCUT2D eigenvalue weighted by molar-refractivity contribution is -0.142. The first-order valence-corrected chi connectivity index (χ1v) is 19.8. The minimum Gasteiger partial charge on any atom is -0.481 e. The van der Waals surface area contributed by atoms with Gasteiger partial charge in [0, 0.05) is 30.1 Å². The molecular weight excluding hydrogens is 782 g/mol. The van der Waals surface area contributed by atoms with Crippen LogP contribution in [0.5, 0.6) is 0 Å². The molecule has 1 heterocycles. The monoisotopic (exact) mass is 843 g/mol. The zero-order valence-electron chi connectivity index (χ0n) is 34.7. The van der Waals surface area contributed by atoms with Crippen molar-refractivity contribution < 1.29 is 48.6 Å². The molecule has 2 rings (SSSR count). The molecule has 1 aromatic heterocycles. The Labute approximate surface area is 348 Å². The second-order valence-corrected chi connectivity index (χ2v) is 15.1. The van der Waals surface area contributed by atoms with E-state index in [0.717, 1.165) is 16.5 Å². The number of nitrogens with one attached hydrogen (secondary N) is 9. The molecule has 7 atom stereocenters. The van der Waals surface area contributed by atoms with Crippen LogP contribution >= 0.6 is 0 Å². The van der Waals surface area contributed by atoms with Gasteiger partial charge in [-0.05, 0) is 62.5 Å². The van der Waals surface area contributed by atoms with Crippen LogP contribution in [0, 0.1) is 17.2 Å². The van der Waals surface area contributed by atoms with E-state index in [2.05, 4.69) is 42.2 Å². The molecule has 332 valence electrons. The van der Waals surface area contributed by atoms with Crippen molar-refractivity contribution in [2.75, 3.05) is 13.1 Å². The normalized spacial score (nSPS) is 14.6. The van der Waals surface area contributed by atoms with Crippen molar-refractivity contribution in [1.29, 1.82) is 5.41 Å². The summed E-state index contributed by atoms with van der Waals surface area (Å²) in [4.78, 5) is 106. The molecule has 0 aliphatic heterocycles. The Kier molecular flexibility index (Phi) is 20.5. The van der Waals surface area contributed by atoms with Crippen molar-refractivity contribution in [3.8, 4) is 0 Å². The molecule has 0 aliphatic carbocycles. The zero-order chi connectivity index (χ0) is 45.1. The summed E-state index contributed by atoms with van der Waals surface area (Å²) in [5.41, 5.74) is 13.1. The Balaban J connectivity index is 2.08. The largest absolute Gasteiger partial charge is 0.481 e. The molecule has 21 nitrogen and oxygen atoms in total. The van der Waals surface area contributed by atoms with E-state index in [1.165, 1.54) is 6.92 Å². The third-order valence-corrected chi connectivity index (χ3v) is 9.66. The fraction of sp³-hybridized carbons (Fsp3) is 0.564. The zero-order valence-corrected chi connectivity index (χ0v) is 34.7. The van der Waals surface area contributed by atoms with Crippen molar-refractivity contribution in [3.63, 3.8) is 0 Å². The molecule has 2 aromatic rings. The summed E-state index contributed by atoms with van der Waals surface area (Å²) in [5.74, 6) is -8.14. The highest BCUT2D eigenvalue weighted by atomic mass is 16.4. The van der Waals surface area contributed by atoms with E-state index in [9.17, 15) is 48.6 Å². The molecule has 0 aliphatic rings. The Morgan fingerprint density at radius 2 is 1.42 bits per heavy atom. The summed E-state index contributed by atoms with van der Waals surface area (Å²) in [7, 11) is 0. The molecule has 60 heavy (non-hydrogen) atoms. The quantitative estimate of drug-likeness (QED) is 0.0304. The van der Waals surface area contributed by atoms with Gasteiger partial charge in [-0.2, -0.15) is 0 Å². The number of benzene rings is 1. The Hall–Kier alpha value is -6.25. The van der Waals surface area contributed by atoms with E-state index >= 15 is 0 Å². The number of nitrogens with two attached hydrogens (primary N) is 2. The molecule has 21 heteroatoms. The van der Waals surface area contributed by atoms with E-state index in [1.54, 1.807) is 33.9 Å². The third-order valence-electron chi connectivity index (χ3n) is 9.66. The van der Waals surface area contributed by atoms with Gasteiger partial charge in [-0.15, -0.1) is 0 Å². The summed E-state index contributed by atoms with van der Waals surface area (Å²) >= 11 is 0. The van der Waals surface area contributed by atoms with Crippen molar-refractivity contribution in [2.45, 2.75) is 116 Å². The number of hydrogen-bond acceptors (Lipinski definition) is 10. The molecular formula is C39H61N11O10. The first kappa shape index (κ1) is 49.9. The predicted molar refractivity (Wildman–Crippen MR) is 221 cm³/mol. The first-order valence-electron chi connectivity index (χ1n) is 19.8. The Morgan fingerprint density at radius 1 is 0.783 bits per heavy atom. The summed E-state index contributed by atoms with van der Waals surface area (Å²) in [6.07, 6.45) is 1.79. The number of carbonyl (C=O) groups is 8. The van der Waals surface area contributed by atoms with Crippen LogP contribution < -0.4 is 48.7 Å². The standard InChI is InChI=1S/C39H61N11O10/c1-6-21(4)32(50-30(51)19-45-34(55)25(40)17-23-18-44-26-11-8-7-10-24(23)26)37(58)47-27(13-14-31(52)53)35(56)46-22(5)33(54)49-29(16-20(2)3)36(57)48-28(38(59)60)12-9-15-43-39(41)42/h7-8,10-11,18,20-22,25,27-29,32,44H,6,9,12-17,19,40H2,1-5H3,(H,45,55)(H,46,56)(H,47,58)(H,48,57)(H,49,54)(H,50,51)(H,52,53)(H,59,60)(H4,41,42,43)/t21-,22-,25-,27-,28-,29-,32-/m0/s1. The van der Waals surface area contributed by atoms with Crippen LogP contribution in [0.4, 0.5) is 0 Å². The molecule has 6 amide bonds. The molecule has 15 N–H and O–H groups in total. The smallest absolute Gasteiger partial charge is 0.326 e. The highest BCUT2D eigenvalue weighted by molar-refractivity contribution is 5.96. The maximum Gasteiger partial charge on any atom is 0.326 e. The van der Waals surface area contributed by atoms with Crippen LogP contribution in [0.25, 0.3) is 10.9 Å². The second kappa shape index (κ2) is 24.6. The van der Waals surface area contributed by atoms with E-state index in [4.69, 9.17) is 16.9 Å². The van der Waals surface area contributed by atoms with Crippen LogP contribution in [0.2, 0.25) is 0 Å². The Bertz CT molecular complexity index is 1830. The van der Waals surface area contributed by atoms with E-state index in [-0.39, 0.29) is 50.5 Å². The fourth-order valence-electron chi connectivity index (χ4n) is 6.09. The van der Waals surface area contributed by atoms with Crippen molar-refractivity contribution in [1.82, 2.24) is 42.2 Å². The number of aromatic amines is 1.